The second kappa shape index (κ2) is 17.2. The largest absolute Gasteiger partial charge is 0.461 e. The standard InChI is InChI=1S/C35H47FN6O8/c1-5-6-7-15-29(43)38-25(19-23-11-8-12-24(36)18-23)31(45)39-26-20-50-35(49)28-14-10-17-42(28)32(46)21(2)37-30(44)22(3)40(4)34(48)27-13-9-16-41(27)33(26)47/h7-8,11-12,15,18,21-22,25-28H,5-6,9-10,13-14,16-17,19-20H2,1-4H3,(H,37,44)(H,38,43)(H,39,45)/t21-,22-,25-,26-,27-,28-/m0/s1. The van der Waals surface area contributed by atoms with E-state index >= 15 is 0 Å². The van der Waals surface area contributed by atoms with Crippen LogP contribution in [0.2, 0.25) is 0 Å². The summed E-state index contributed by atoms with van der Waals surface area (Å²) in [5.74, 6) is -5.00. The lowest BCUT2D eigenvalue weighted by Crippen LogP contribution is -2.60. The Labute approximate surface area is 291 Å². The first-order valence-electron chi connectivity index (χ1n) is 17.2. The van der Waals surface area contributed by atoms with E-state index in [9.17, 15) is 38.0 Å². The first kappa shape index (κ1) is 38.0. The van der Waals surface area contributed by atoms with Crippen molar-refractivity contribution in [3.05, 3.63) is 47.8 Å². The average Bonchev–Trinajstić information content (AvgIpc) is 3.78. The van der Waals surface area contributed by atoms with Gasteiger partial charge in [0.2, 0.25) is 35.4 Å². The highest BCUT2D eigenvalue weighted by atomic mass is 19.1. The number of likely N-dealkylation sites (N-methyl/N-ethyl adjacent to an activating group) is 1. The van der Waals surface area contributed by atoms with Crippen molar-refractivity contribution in [1.29, 1.82) is 0 Å². The zero-order chi connectivity index (χ0) is 36.5. The van der Waals surface area contributed by atoms with Gasteiger partial charge in [-0.05, 0) is 69.7 Å². The van der Waals surface area contributed by atoms with Crippen LogP contribution in [0.25, 0.3) is 0 Å². The van der Waals surface area contributed by atoms with Crippen LogP contribution in [-0.4, -0.2) is 119 Å². The number of cyclic esters (lactones) is 1. The number of benzene rings is 1. The van der Waals surface area contributed by atoms with E-state index in [1.165, 1.54) is 59.9 Å². The molecule has 0 spiro atoms. The van der Waals surface area contributed by atoms with Gasteiger partial charge in [-0.1, -0.05) is 31.6 Å². The highest BCUT2D eigenvalue weighted by molar-refractivity contribution is 5.98. The average molecular weight is 699 g/mol. The van der Waals surface area contributed by atoms with Gasteiger partial charge in [-0.2, -0.15) is 0 Å². The number of fused-ring (bicyclic) bond motifs is 2. The first-order valence-corrected chi connectivity index (χ1v) is 17.2. The summed E-state index contributed by atoms with van der Waals surface area (Å²) in [4.78, 5) is 98.2. The van der Waals surface area contributed by atoms with E-state index in [1.807, 2.05) is 6.92 Å². The fourth-order valence-electron chi connectivity index (χ4n) is 6.40. The third-order valence-corrected chi connectivity index (χ3v) is 9.36. The topological polar surface area (TPSA) is 175 Å². The molecule has 0 radical (unpaired) electrons. The molecule has 6 amide bonds. The summed E-state index contributed by atoms with van der Waals surface area (Å²) in [6.45, 7) is 4.75. The SMILES string of the molecule is CCCC=CC(=O)N[C@@H](Cc1cccc(F)c1)C(=O)N[C@H]1COC(=O)[C@@H]2CCCN2C(=O)[C@H](C)NC(=O)[C@H](C)N(C)C(=O)[C@@H]2CCCN2C1=O. The summed E-state index contributed by atoms with van der Waals surface area (Å²) < 4.78 is 19.7. The lowest BCUT2D eigenvalue weighted by Gasteiger charge is -2.34. The maximum atomic E-state index is 14.2. The van der Waals surface area contributed by atoms with Crippen LogP contribution in [-0.2, 0) is 44.7 Å². The smallest absolute Gasteiger partial charge is 0.328 e. The predicted octanol–water partition coefficient (Wildman–Crippen LogP) is 0.585. The molecule has 1 aromatic rings. The van der Waals surface area contributed by atoms with Crippen molar-refractivity contribution >= 4 is 41.4 Å². The molecule has 3 aliphatic rings. The van der Waals surface area contributed by atoms with Crippen LogP contribution in [0.5, 0.6) is 0 Å². The number of unbranched alkanes of at least 4 members (excludes halogenated alkanes) is 1. The number of rotatable bonds is 8. The molecule has 4 rings (SSSR count). The maximum absolute atomic E-state index is 14.2. The Hall–Kier alpha value is -4.82. The van der Waals surface area contributed by atoms with Crippen LogP contribution in [0.15, 0.2) is 36.4 Å². The molecule has 15 heteroatoms. The number of carbonyl (C=O) groups is 7. The van der Waals surface area contributed by atoms with E-state index in [0.29, 0.717) is 31.2 Å². The summed E-state index contributed by atoms with van der Waals surface area (Å²) in [7, 11) is 1.44. The van der Waals surface area contributed by atoms with Gasteiger partial charge in [-0.25, -0.2) is 9.18 Å². The zero-order valence-electron chi connectivity index (χ0n) is 29.0. The Morgan fingerprint density at radius 2 is 1.70 bits per heavy atom. The van der Waals surface area contributed by atoms with Crippen molar-refractivity contribution < 1.29 is 42.7 Å². The van der Waals surface area contributed by atoms with Crippen LogP contribution in [0.3, 0.4) is 0 Å². The highest BCUT2D eigenvalue weighted by Gasteiger charge is 2.43. The zero-order valence-corrected chi connectivity index (χ0v) is 29.0. The second-order valence-electron chi connectivity index (χ2n) is 13.0. The van der Waals surface area contributed by atoms with Crippen molar-refractivity contribution in [3.63, 3.8) is 0 Å². The summed E-state index contributed by atoms with van der Waals surface area (Å²) in [6.07, 6.45) is 5.81. The molecule has 1 aromatic carbocycles. The van der Waals surface area contributed by atoms with Gasteiger partial charge in [0.05, 0.1) is 0 Å². The third-order valence-electron chi connectivity index (χ3n) is 9.36. The minimum atomic E-state index is -1.48. The number of nitrogens with zero attached hydrogens (tertiary/aromatic N) is 3. The highest BCUT2D eigenvalue weighted by Crippen LogP contribution is 2.23. The Morgan fingerprint density at radius 1 is 1.02 bits per heavy atom. The summed E-state index contributed by atoms with van der Waals surface area (Å²) in [5, 5.41) is 7.88. The number of hydrogen-bond donors (Lipinski definition) is 3. The van der Waals surface area contributed by atoms with Gasteiger partial charge >= 0.3 is 5.97 Å². The molecule has 3 N–H and O–H groups in total. The fourth-order valence-corrected chi connectivity index (χ4v) is 6.40. The Morgan fingerprint density at radius 3 is 2.38 bits per heavy atom. The van der Waals surface area contributed by atoms with Crippen LogP contribution in [0, 0.1) is 5.82 Å². The molecule has 0 aliphatic carbocycles. The lowest BCUT2D eigenvalue weighted by atomic mass is 10.0. The summed E-state index contributed by atoms with van der Waals surface area (Å²) in [6, 6.07) is -1.13. The predicted molar refractivity (Wildman–Crippen MR) is 178 cm³/mol. The number of esters is 1. The van der Waals surface area contributed by atoms with E-state index in [4.69, 9.17) is 4.74 Å². The quantitative estimate of drug-likeness (QED) is 0.261. The van der Waals surface area contributed by atoms with Gasteiger partial charge in [0.1, 0.15) is 48.7 Å². The van der Waals surface area contributed by atoms with Gasteiger partial charge in [-0.3, -0.25) is 28.8 Å². The van der Waals surface area contributed by atoms with Crippen LogP contribution >= 0.6 is 0 Å². The third kappa shape index (κ3) is 9.24. The molecule has 3 aliphatic heterocycles. The van der Waals surface area contributed by atoms with Gasteiger partial charge < -0.3 is 35.4 Å². The number of ether oxygens (including phenoxy) is 1. The molecule has 0 saturated carbocycles. The Balaban J connectivity index is 1.66. The van der Waals surface area contributed by atoms with Crippen molar-refractivity contribution in [2.75, 3.05) is 26.7 Å². The van der Waals surface area contributed by atoms with Gasteiger partial charge in [0.15, 0.2) is 0 Å². The monoisotopic (exact) mass is 698 g/mol. The Kier molecular flexibility index (Phi) is 13.1. The molecule has 14 nitrogen and oxygen atoms in total. The number of nitrogens with one attached hydrogen (secondary N) is 3. The van der Waals surface area contributed by atoms with Gasteiger partial charge in [0.25, 0.3) is 0 Å². The second-order valence-corrected chi connectivity index (χ2v) is 13.0. The van der Waals surface area contributed by atoms with Crippen molar-refractivity contribution in [1.82, 2.24) is 30.7 Å². The Bertz CT molecular complexity index is 1500. The molecule has 3 saturated heterocycles. The van der Waals surface area contributed by atoms with Crippen molar-refractivity contribution in [3.8, 4) is 0 Å². The minimum Gasteiger partial charge on any atom is -0.461 e. The molecule has 50 heavy (non-hydrogen) atoms. The lowest BCUT2D eigenvalue weighted by molar-refractivity contribution is -0.158. The van der Waals surface area contributed by atoms with E-state index in [2.05, 4.69) is 16.0 Å². The molecular weight excluding hydrogens is 651 g/mol. The fraction of sp³-hybridized carbons (Fsp3) is 0.571. The molecule has 3 fully saturated rings. The number of hydrogen-bond acceptors (Lipinski definition) is 8. The molecule has 3 heterocycles. The minimum absolute atomic E-state index is 0.120. The van der Waals surface area contributed by atoms with Crippen LogP contribution in [0.1, 0.15) is 64.9 Å². The molecule has 272 valence electrons. The number of halogens is 1. The normalized spacial score (nSPS) is 26.0. The first-order chi connectivity index (χ1) is 23.8. The van der Waals surface area contributed by atoms with Crippen molar-refractivity contribution in [2.45, 2.75) is 102 Å². The molecule has 0 unspecified atom stereocenters. The molecule has 6 atom stereocenters. The van der Waals surface area contributed by atoms with Gasteiger partial charge in [0, 0.05) is 26.6 Å². The van der Waals surface area contributed by atoms with E-state index in [0.717, 1.165) is 6.42 Å². The van der Waals surface area contributed by atoms with Crippen LogP contribution < -0.4 is 16.0 Å². The maximum Gasteiger partial charge on any atom is 0.328 e. The van der Waals surface area contributed by atoms with E-state index in [1.54, 1.807) is 12.1 Å². The van der Waals surface area contributed by atoms with E-state index in [-0.39, 0.29) is 25.9 Å². The molecule has 0 aromatic heterocycles. The summed E-state index contributed by atoms with van der Waals surface area (Å²) >= 11 is 0. The number of amides is 6. The molecular formula is C35H47FN6O8. The number of carbonyl (C=O) groups excluding carboxylic acids is 7. The van der Waals surface area contributed by atoms with Gasteiger partial charge in [-0.15, -0.1) is 0 Å². The summed E-state index contributed by atoms with van der Waals surface area (Å²) in [5.41, 5.74) is 0.408. The van der Waals surface area contributed by atoms with E-state index < -0.39 is 90.1 Å². The number of allylic oxidation sites excluding steroid dienone is 1. The van der Waals surface area contributed by atoms with Crippen molar-refractivity contribution in [2.24, 2.45) is 0 Å². The molecule has 0 bridgehead atoms. The van der Waals surface area contributed by atoms with Crippen LogP contribution in [0.4, 0.5) is 4.39 Å².